The summed E-state index contributed by atoms with van der Waals surface area (Å²) < 4.78 is 1.60. The lowest BCUT2D eigenvalue weighted by Gasteiger charge is -2.07. The summed E-state index contributed by atoms with van der Waals surface area (Å²) in [7, 11) is 0. The molecule has 0 aliphatic heterocycles. The van der Waals surface area contributed by atoms with Gasteiger partial charge >= 0.3 is 5.97 Å². The lowest BCUT2D eigenvalue weighted by molar-refractivity contribution is 0.0690. The van der Waals surface area contributed by atoms with E-state index in [2.05, 4.69) is 10.3 Å². The summed E-state index contributed by atoms with van der Waals surface area (Å²) in [5, 5.41) is 12.0. The number of hydrogen-bond acceptors (Lipinski definition) is 3. The summed E-state index contributed by atoms with van der Waals surface area (Å²) in [6.45, 7) is 2.66. The van der Waals surface area contributed by atoms with E-state index in [9.17, 15) is 9.59 Å². The molecule has 1 amide bonds. The van der Waals surface area contributed by atoms with Gasteiger partial charge in [0.25, 0.3) is 5.91 Å². The summed E-state index contributed by atoms with van der Waals surface area (Å²) >= 11 is 5.97. The van der Waals surface area contributed by atoms with Crippen LogP contribution in [0.25, 0.3) is 0 Å². The highest BCUT2D eigenvalue weighted by Crippen LogP contribution is 2.16. The number of aryl methyl sites for hydroxylation is 1. The normalized spacial score (nSPS) is 10.4. The van der Waals surface area contributed by atoms with Crippen molar-refractivity contribution in [2.24, 2.45) is 0 Å². The molecule has 7 heteroatoms. The zero-order valence-electron chi connectivity index (χ0n) is 11.3. The minimum Gasteiger partial charge on any atom is -0.476 e. The molecule has 1 aromatic heterocycles. The topological polar surface area (TPSA) is 84.2 Å². The first kappa shape index (κ1) is 15.1. The molecular weight excluding hydrogens is 294 g/mol. The molecule has 0 bridgehead atoms. The molecular formula is C14H14ClN3O3. The van der Waals surface area contributed by atoms with E-state index in [1.165, 1.54) is 12.5 Å². The van der Waals surface area contributed by atoms with Gasteiger partial charge in [0.1, 0.15) is 0 Å². The maximum absolute atomic E-state index is 11.9. The van der Waals surface area contributed by atoms with E-state index >= 15 is 0 Å². The number of carbonyl (C=O) groups is 2. The van der Waals surface area contributed by atoms with E-state index in [0.29, 0.717) is 23.7 Å². The molecule has 0 aliphatic carbocycles. The number of halogens is 1. The molecule has 2 aromatic rings. The van der Waals surface area contributed by atoms with Crippen LogP contribution in [0.3, 0.4) is 0 Å². The maximum atomic E-state index is 11.9. The van der Waals surface area contributed by atoms with Crippen LogP contribution in [0.1, 0.15) is 26.4 Å². The van der Waals surface area contributed by atoms with E-state index < -0.39 is 5.97 Å². The number of nitrogens with zero attached hydrogens (tertiary/aromatic N) is 2. The second-order valence-electron chi connectivity index (χ2n) is 4.52. The van der Waals surface area contributed by atoms with Crippen molar-refractivity contribution >= 4 is 23.5 Å². The van der Waals surface area contributed by atoms with Gasteiger partial charge in [0.05, 0.1) is 6.33 Å². The highest BCUT2D eigenvalue weighted by Gasteiger charge is 2.08. The van der Waals surface area contributed by atoms with Gasteiger partial charge in [0.2, 0.25) is 0 Å². The standard InChI is InChI=1S/C14H14ClN3O3/c1-9-2-3-10(6-11(9)15)13(19)16-4-5-18-7-12(14(20)21)17-8-18/h2-3,6-8H,4-5H2,1H3,(H,16,19)(H,20,21). The first-order valence-electron chi connectivity index (χ1n) is 6.27. The van der Waals surface area contributed by atoms with Crippen LogP contribution in [0.5, 0.6) is 0 Å². The van der Waals surface area contributed by atoms with Crippen LogP contribution in [0, 0.1) is 6.92 Å². The summed E-state index contributed by atoms with van der Waals surface area (Å²) in [5.74, 6) is -1.30. The molecule has 110 valence electrons. The van der Waals surface area contributed by atoms with Gasteiger partial charge in [0.15, 0.2) is 5.69 Å². The second kappa shape index (κ2) is 6.41. The molecule has 0 saturated carbocycles. The summed E-state index contributed by atoms with van der Waals surface area (Å²) in [4.78, 5) is 26.3. The van der Waals surface area contributed by atoms with E-state index in [-0.39, 0.29) is 11.6 Å². The van der Waals surface area contributed by atoms with Gasteiger partial charge in [-0.25, -0.2) is 9.78 Å². The van der Waals surface area contributed by atoms with Crippen molar-refractivity contribution in [3.8, 4) is 0 Å². The Bertz CT molecular complexity index is 682. The van der Waals surface area contributed by atoms with Gasteiger partial charge in [-0.05, 0) is 24.6 Å². The fourth-order valence-corrected chi connectivity index (χ4v) is 1.91. The Morgan fingerprint density at radius 1 is 1.43 bits per heavy atom. The highest BCUT2D eigenvalue weighted by atomic mass is 35.5. The van der Waals surface area contributed by atoms with Crippen LogP contribution in [-0.4, -0.2) is 33.1 Å². The summed E-state index contributed by atoms with van der Waals surface area (Å²) in [6, 6.07) is 5.11. The minimum absolute atomic E-state index is 0.0216. The fourth-order valence-electron chi connectivity index (χ4n) is 1.73. The fraction of sp³-hybridized carbons (Fsp3) is 0.214. The van der Waals surface area contributed by atoms with Crippen molar-refractivity contribution in [3.63, 3.8) is 0 Å². The second-order valence-corrected chi connectivity index (χ2v) is 4.93. The third-order valence-electron chi connectivity index (χ3n) is 2.94. The van der Waals surface area contributed by atoms with Gasteiger partial charge in [-0.15, -0.1) is 0 Å². The lowest BCUT2D eigenvalue weighted by atomic mass is 10.1. The molecule has 21 heavy (non-hydrogen) atoms. The Morgan fingerprint density at radius 2 is 2.19 bits per heavy atom. The number of benzene rings is 1. The monoisotopic (exact) mass is 307 g/mol. The SMILES string of the molecule is Cc1ccc(C(=O)NCCn2cnc(C(=O)O)c2)cc1Cl. The van der Waals surface area contributed by atoms with E-state index in [0.717, 1.165) is 5.56 Å². The van der Waals surface area contributed by atoms with Gasteiger partial charge in [-0.1, -0.05) is 17.7 Å². The number of carboxylic acids is 1. The number of nitrogens with one attached hydrogen (secondary N) is 1. The number of aromatic carboxylic acids is 1. The van der Waals surface area contributed by atoms with Crippen molar-refractivity contribution < 1.29 is 14.7 Å². The molecule has 0 unspecified atom stereocenters. The largest absolute Gasteiger partial charge is 0.476 e. The van der Waals surface area contributed by atoms with Crippen molar-refractivity contribution in [2.45, 2.75) is 13.5 Å². The highest BCUT2D eigenvalue weighted by molar-refractivity contribution is 6.31. The van der Waals surface area contributed by atoms with Crippen molar-refractivity contribution in [2.75, 3.05) is 6.54 Å². The molecule has 0 radical (unpaired) electrons. The van der Waals surface area contributed by atoms with E-state index in [1.807, 2.05) is 6.92 Å². The number of carbonyl (C=O) groups excluding carboxylic acids is 1. The van der Waals surface area contributed by atoms with E-state index in [1.54, 1.807) is 22.8 Å². The van der Waals surface area contributed by atoms with Gasteiger partial charge in [0, 0.05) is 29.9 Å². The smallest absolute Gasteiger partial charge is 0.356 e. The molecule has 2 rings (SSSR count). The van der Waals surface area contributed by atoms with Crippen LogP contribution >= 0.6 is 11.6 Å². The number of carboxylic acid groups (broad SMARTS) is 1. The van der Waals surface area contributed by atoms with Gasteiger partial charge < -0.3 is 15.0 Å². The average molecular weight is 308 g/mol. The Morgan fingerprint density at radius 3 is 2.81 bits per heavy atom. The van der Waals surface area contributed by atoms with Crippen LogP contribution in [-0.2, 0) is 6.54 Å². The van der Waals surface area contributed by atoms with Crippen LogP contribution in [0.2, 0.25) is 5.02 Å². The molecule has 0 fully saturated rings. The minimum atomic E-state index is -1.08. The molecule has 0 aliphatic rings. The average Bonchev–Trinajstić information content (AvgIpc) is 2.91. The molecule has 1 aromatic carbocycles. The molecule has 2 N–H and O–H groups in total. The van der Waals surface area contributed by atoms with Crippen LogP contribution < -0.4 is 5.32 Å². The molecule has 0 atom stereocenters. The first-order chi connectivity index (χ1) is 9.97. The molecule has 0 spiro atoms. The Kier molecular flexibility index (Phi) is 4.59. The third kappa shape index (κ3) is 3.82. The maximum Gasteiger partial charge on any atom is 0.356 e. The number of hydrogen-bond donors (Lipinski definition) is 2. The van der Waals surface area contributed by atoms with Crippen molar-refractivity contribution in [3.05, 3.63) is 52.6 Å². The van der Waals surface area contributed by atoms with Crippen LogP contribution in [0.15, 0.2) is 30.7 Å². The molecule has 1 heterocycles. The van der Waals surface area contributed by atoms with Crippen molar-refractivity contribution in [1.82, 2.24) is 14.9 Å². The first-order valence-corrected chi connectivity index (χ1v) is 6.64. The Hall–Kier alpha value is -2.34. The summed E-state index contributed by atoms with van der Waals surface area (Å²) in [6.07, 6.45) is 2.83. The zero-order valence-corrected chi connectivity index (χ0v) is 12.1. The number of amides is 1. The van der Waals surface area contributed by atoms with E-state index in [4.69, 9.17) is 16.7 Å². The Balaban J connectivity index is 1.88. The number of aromatic nitrogens is 2. The van der Waals surface area contributed by atoms with Crippen molar-refractivity contribution in [1.29, 1.82) is 0 Å². The predicted molar refractivity (Wildman–Crippen MR) is 77.7 cm³/mol. The number of imidazole rings is 1. The Labute approximate surface area is 126 Å². The molecule has 6 nitrogen and oxygen atoms in total. The van der Waals surface area contributed by atoms with Gasteiger partial charge in [-0.3, -0.25) is 4.79 Å². The van der Waals surface area contributed by atoms with Crippen LogP contribution in [0.4, 0.5) is 0 Å². The number of rotatable bonds is 5. The molecule has 0 saturated heterocycles. The summed E-state index contributed by atoms with van der Waals surface area (Å²) in [5.41, 5.74) is 1.38. The quantitative estimate of drug-likeness (QED) is 0.884. The third-order valence-corrected chi connectivity index (χ3v) is 3.35. The van der Waals surface area contributed by atoms with Gasteiger partial charge in [-0.2, -0.15) is 0 Å². The predicted octanol–water partition coefficient (Wildman–Crippen LogP) is 1.97. The lowest BCUT2D eigenvalue weighted by Crippen LogP contribution is -2.27. The zero-order chi connectivity index (χ0) is 15.4.